The van der Waals surface area contributed by atoms with Crippen molar-refractivity contribution in [1.82, 2.24) is 4.98 Å². The molecule has 0 aliphatic carbocycles. The third-order valence-corrected chi connectivity index (χ3v) is 3.54. The Morgan fingerprint density at radius 1 is 1.47 bits per heavy atom. The number of amides is 1. The number of nitrogens with one attached hydrogen (secondary N) is 1. The Morgan fingerprint density at radius 2 is 2.26 bits per heavy atom. The SMILES string of the molecule is CSCCC(=O)Nc1ccc(N2CCOCC2)cn1. The van der Waals surface area contributed by atoms with Crippen molar-refractivity contribution >= 4 is 29.2 Å². The Morgan fingerprint density at radius 3 is 2.89 bits per heavy atom. The van der Waals surface area contributed by atoms with Crippen molar-refractivity contribution in [2.24, 2.45) is 0 Å². The van der Waals surface area contributed by atoms with E-state index >= 15 is 0 Å². The van der Waals surface area contributed by atoms with E-state index in [-0.39, 0.29) is 5.91 Å². The molecule has 0 saturated carbocycles. The van der Waals surface area contributed by atoms with Gasteiger partial charge in [-0.05, 0) is 18.4 Å². The first kappa shape index (κ1) is 14.1. The van der Waals surface area contributed by atoms with E-state index in [1.807, 2.05) is 18.4 Å². The molecule has 6 heteroatoms. The van der Waals surface area contributed by atoms with Crippen molar-refractivity contribution in [3.8, 4) is 0 Å². The second kappa shape index (κ2) is 7.35. The number of hydrogen-bond acceptors (Lipinski definition) is 5. The molecule has 1 saturated heterocycles. The van der Waals surface area contributed by atoms with Gasteiger partial charge >= 0.3 is 0 Å². The fourth-order valence-corrected chi connectivity index (χ4v) is 2.26. The number of aromatic nitrogens is 1. The lowest BCUT2D eigenvalue weighted by Crippen LogP contribution is -2.36. The standard InChI is InChI=1S/C13H19N3O2S/c1-19-9-4-13(17)15-12-3-2-11(10-14-12)16-5-7-18-8-6-16/h2-3,10H,4-9H2,1H3,(H,14,15,17). The van der Waals surface area contributed by atoms with Crippen LogP contribution in [0.3, 0.4) is 0 Å². The van der Waals surface area contributed by atoms with Gasteiger partial charge in [-0.15, -0.1) is 0 Å². The van der Waals surface area contributed by atoms with Crippen LogP contribution in [0.4, 0.5) is 11.5 Å². The molecule has 0 spiro atoms. The average Bonchev–Trinajstić information content (AvgIpc) is 2.47. The van der Waals surface area contributed by atoms with E-state index in [2.05, 4.69) is 15.2 Å². The first-order valence-electron chi connectivity index (χ1n) is 6.37. The Bertz CT molecular complexity index is 405. The number of hydrogen-bond donors (Lipinski definition) is 1. The summed E-state index contributed by atoms with van der Waals surface area (Å²) in [6.07, 6.45) is 4.31. The van der Waals surface area contributed by atoms with Crippen LogP contribution < -0.4 is 10.2 Å². The molecule has 0 radical (unpaired) electrons. The normalized spacial score (nSPS) is 15.3. The van der Waals surface area contributed by atoms with E-state index in [0.29, 0.717) is 12.2 Å². The highest BCUT2D eigenvalue weighted by Crippen LogP contribution is 2.16. The lowest BCUT2D eigenvalue weighted by atomic mass is 10.3. The second-order valence-electron chi connectivity index (χ2n) is 4.29. The number of carbonyl (C=O) groups excluding carboxylic acids is 1. The summed E-state index contributed by atoms with van der Waals surface area (Å²) in [7, 11) is 0. The molecular weight excluding hydrogens is 262 g/mol. The maximum atomic E-state index is 11.6. The molecule has 104 valence electrons. The van der Waals surface area contributed by atoms with Gasteiger partial charge in [-0.1, -0.05) is 0 Å². The topological polar surface area (TPSA) is 54.5 Å². The Labute approximate surface area is 117 Å². The molecule has 2 heterocycles. The second-order valence-corrected chi connectivity index (χ2v) is 5.28. The van der Waals surface area contributed by atoms with Gasteiger partial charge in [0.05, 0.1) is 25.1 Å². The third kappa shape index (κ3) is 4.40. The summed E-state index contributed by atoms with van der Waals surface area (Å²) >= 11 is 1.66. The average molecular weight is 281 g/mol. The zero-order chi connectivity index (χ0) is 13.5. The fourth-order valence-electron chi connectivity index (χ4n) is 1.87. The van der Waals surface area contributed by atoms with Crippen molar-refractivity contribution in [1.29, 1.82) is 0 Å². The van der Waals surface area contributed by atoms with Crippen LogP contribution >= 0.6 is 11.8 Å². The molecule has 1 amide bonds. The number of nitrogens with zero attached hydrogens (tertiary/aromatic N) is 2. The predicted octanol–water partition coefficient (Wildman–Crippen LogP) is 1.61. The molecule has 0 aromatic carbocycles. The van der Waals surface area contributed by atoms with E-state index in [4.69, 9.17) is 4.74 Å². The van der Waals surface area contributed by atoms with Crippen molar-refractivity contribution < 1.29 is 9.53 Å². The minimum Gasteiger partial charge on any atom is -0.378 e. The highest BCUT2D eigenvalue weighted by molar-refractivity contribution is 7.98. The van der Waals surface area contributed by atoms with Crippen LogP contribution in [0.1, 0.15) is 6.42 Å². The molecule has 5 nitrogen and oxygen atoms in total. The van der Waals surface area contributed by atoms with Crippen LogP contribution in [0.15, 0.2) is 18.3 Å². The first-order valence-corrected chi connectivity index (χ1v) is 7.76. The maximum absolute atomic E-state index is 11.6. The van der Waals surface area contributed by atoms with Gasteiger partial charge < -0.3 is 15.0 Å². The van der Waals surface area contributed by atoms with E-state index < -0.39 is 0 Å². The Hall–Kier alpha value is -1.27. The molecule has 2 rings (SSSR count). The molecule has 1 aliphatic rings. The number of pyridine rings is 1. The minimum atomic E-state index is 0.0148. The molecule has 1 N–H and O–H groups in total. The molecule has 19 heavy (non-hydrogen) atoms. The number of thioether (sulfide) groups is 1. The molecule has 1 aromatic heterocycles. The molecular formula is C13H19N3O2S. The number of anilines is 2. The smallest absolute Gasteiger partial charge is 0.226 e. The largest absolute Gasteiger partial charge is 0.378 e. The number of ether oxygens (including phenoxy) is 1. The summed E-state index contributed by atoms with van der Waals surface area (Å²) in [6.45, 7) is 3.29. The number of carbonyl (C=O) groups is 1. The summed E-state index contributed by atoms with van der Waals surface area (Å²) < 4.78 is 5.31. The summed E-state index contributed by atoms with van der Waals surface area (Å²) in [4.78, 5) is 18.1. The summed E-state index contributed by atoms with van der Waals surface area (Å²) in [5.74, 6) is 1.46. The van der Waals surface area contributed by atoms with Crippen LogP contribution in [0.2, 0.25) is 0 Å². The van der Waals surface area contributed by atoms with Gasteiger partial charge in [0, 0.05) is 25.3 Å². The van der Waals surface area contributed by atoms with Crippen LogP contribution in [0.25, 0.3) is 0 Å². The molecule has 0 bridgehead atoms. The lowest BCUT2D eigenvalue weighted by Gasteiger charge is -2.28. The highest BCUT2D eigenvalue weighted by atomic mass is 32.2. The van der Waals surface area contributed by atoms with Gasteiger partial charge in [-0.2, -0.15) is 11.8 Å². The summed E-state index contributed by atoms with van der Waals surface area (Å²) in [5, 5.41) is 2.80. The van der Waals surface area contributed by atoms with Gasteiger partial charge in [-0.3, -0.25) is 4.79 Å². The van der Waals surface area contributed by atoms with E-state index in [9.17, 15) is 4.79 Å². The van der Waals surface area contributed by atoms with Crippen LogP contribution in [-0.2, 0) is 9.53 Å². The molecule has 1 aromatic rings. The highest BCUT2D eigenvalue weighted by Gasteiger charge is 2.11. The number of rotatable bonds is 5. The van der Waals surface area contributed by atoms with E-state index in [1.165, 1.54) is 0 Å². The summed E-state index contributed by atoms with van der Waals surface area (Å²) in [5.41, 5.74) is 1.07. The van der Waals surface area contributed by atoms with Crippen LogP contribution in [-0.4, -0.2) is 49.2 Å². The van der Waals surface area contributed by atoms with Gasteiger partial charge in [0.1, 0.15) is 5.82 Å². The van der Waals surface area contributed by atoms with E-state index in [1.54, 1.807) is 18.0 Å². The van der Waals surface area contributed by atoms with E-state index in [0.717, 1.165) is 37.7 Å². The monoisotopic (exact) mass is 281 g/mol. The molecule has 0 atom stereocenters. The minimum absolute atomic E-state index is 0.0148. The Balaban J connectivity index is 1.88. The predicted molar refractivity (Wildman–Crippen MR) is 78.9 cm³/mol. The van der Waals surface area contributed by atoms with Gasteiger partial charge in [0.25, 0.3) is 0 Å². The first-order chi connectivity index (χ1) is 9.29. The van der Waals surface area contributed by atoms with Gasteiger partial charge in [0.15, 0.2) is 0 Å². The molecule has 1 aliphatic heterocycles. The van der Waals surface area contributed by atoms with Crippen LogP contribution in [0, 0.1) is 0 Å². The quantitative estimate of drug-likeness (QED) is 0.888. The van der Waals surface area contributed by atoms with Crippen molar-refractivity contribution in [3.05, 3.63) is 18.3 Å². The zero-order valence-corrected chi connectivity index (χ0v) is 11.9. The number of morpholine rings is 1. The van der Waals surface area contributed by atoms with Gasteiger partial charge in [0.2, 0.25) is 5.91 Å². The zero-order valence-electron chi connectivity index (χ0n) is 11.1. The lowest BCUT2D eigenvalue weighted by molar-refractivity contribution is -0.115. The van der Waals surface area contributed by atoms with Crippen molar-refractivity contribution in [2.45, 2.75) is 6.42 Å². The van der Waals surface area contributed by atoms with Crippen molar-refractivity contribution in [2.75, 3.05) is 48.5 Å². The third-order valence-electron chi connectivity index (χ3n) is 2.92. The Kier molecular flexibility index (Phi) is 5.47. The van der Waals surface area contributed by atoms with Crippen molar-refractivity contribution in [3.63, 3.8) is 0 Å². The molecule has 0 unspecified atom stereocenters. The van der Waals surface area contributed by atoms with Gasteiger partial charge in [-0.25, -0.2) is 4.98 Å². The van der Waals surface area contributed by atoms with Crippen LogP contribution in [0.5, 0.6) is 0 Å². The summed E-state index contributed by atoms with van der Waals surface area (Å²) in [6, 6.07) is 3.84. The molecule has 1 fully saturated rings. The fraction of sp³-hybridized carbons (Fsp3) is 0.538. The maximum Gasteiger partial charge on any atom is 0.226 e.